The summed E-state index contributed by atoms with van der Waals surface area (Å²) in [7, 11) is 0. The zero-order valence-electron chi connectivity index (χ0n) is 6.14. The zero-order chi connectivity index (χ0) is 7.56. The molecule has 0 radical (unpaired) electrons. The predicted molar refractivity (Wildman–Crippen MR) is 36.4 cm³/mol. The minimum Gasteiger partial charge on any atom is -0.238 e. The van der Waals surface area contributed by atoms with Crippen LogP contribution in [-0.2, 0) is 25.9 Å². The number of aryl methyl sites for hydroxylation is 1. The molecule has 5 heteroatoms. The molecule has 1 aromatic heterocycles. The van der Waals surface area contributed by atoms with Crippen LogP contribution >= 0.6 is 11.6 Å². The van der Waals surface area contributed by atoms with Gasteiger partial charge in [0, 0.05) is 19.5 Å². The van der Waals surface area contributed by atoms with Crippen molar-refractivity contribution in [3.05, 3.63) is 23.0 Å². The first kappa shape index (κ1) is 10.9. The normalized spacial score (nSPS) is 9.00. The molecule has 1 aromatic rings. The van der Waals surface area contributed by atoms with Gasteiger partial charge in [-0.1, -0.05) is 18.5 Å². The van der Waals surface area contributed by atoms with Gasteiger partial charge in [0.05, 0.1) is 5.69 Å². The molecule has 0 aliphatic rings. The van der Waals surface area contributed by atoms with E-state index in [0.717, 1.165) is 0 Å². The molecule has 0 N–H and O–H groups in total. The van der Waals surface area contributed by atoms with E-state index in [-0.39, 0.29) is 24.6 Å². The van der Waals surface area contributed by atoms with Crippen LogP contribution in [0.25, 0.3) is 0 Å². The molecular formula is C6H6ClFN2Zn. The van der Waals surface area contributed by atoms with E-state index >= 15 is 0 Å². The first-order chi connectivity index (χ1) is 4.75. The van der Waals surface area contributed by atoms with Crippen molar-refractivity contribution in [2.45, 2.75) is 13.3 Å². The average molecular weight is 226 g/mol. The van der Waals surface area contributed by atoms with Gasteiger partial charge in [0.25, 0.3) is 0 Å². The Bertz CT molecular complexity index is 244. The van der Waals surface area contributed by atoms with Crippen LogP contribution in [0.5, 0.6) is 0 Å². The van der Waals surface area contributed by atoms with Crippen molar-refractivity contribution in [1.29, 1.82) is 0 Å². The fraction of sp³-hybridized carbons (Fsp3) is 0.333. The van der Waals surface area contributed by atoms with E-state index in [4.69, 9.17) is 11.6 Å². The fourth-order valence-electron chi connectivity index (χ4n) is 0.628. The molecule has 1 heterocycles. The van der Waals surface area contributed by atoms with Crippen LogP contribution < -0.4 is 0 Å². The molecule has 1 rings (SSSR count). The van der Waals surface area contributed by atoms with Crippen LogP contribution in [0, 0.1) is 5.82 Å². The van der Waals surface area contributed by atoms with Crippen molar-refractivity contribution < 1.29 is 23.9 Å². The Morgan fingerprint density at radius 3 is 2.64 bits per heavy atom. The van der Waals surface area contributed by atoms with Gasteiger partial charge in [0.15, 0.2) is 11.0 Å². The van der Waals surface area contributed by atoms with Crippen LogP contribution in [0.4, 0.5) is 4.39 Å². The average Bonchev–Trinajstić information content (AvgIpc) is 1.95. The van der Waals surface area contributed by atoms with Gasteiger partial charge in [-0.2, -0.15) is 0 Å². The van der Waals surface area contributed by atoms with Crippen molar-refractivity contribution in [2.75, 3.05) is 0 Å². The summed E-state index contributed by atoms with van der Waals surface area (Å²) < 4.78 is 12.7. The van der Waals surface area contributed by atoms with Gasteiger partial charge in [0.2, 0.25) is 0 Å². The van der Waals surface area contributed by atoms with Gasteiger partial charge in [-0.15, -0.1) is 0 Å². The maximum atomic E-state index is 12.7. The summed E-state index contributed by atoms with van der Waals surface area (Å²) >= 11 is 5.37. The molecule has 0 fully saturated rings. The van der Waals surface area contributed by atoms with Gasteiger partial charge in [0.1, 0.15) is 6.33 Å². The molecule has 0 aliphatic carbocycles. The third-order valence-electron chi connectivity index (χ3n) is 1.15. The summed E-state index contributed by atoms with van der Waals surface area (Å²) in [6, 6.07) is 0. The van der Waals surface area contributed by atoms with Crippen molar-refractivity contribution in [3.63, 3.8) is 0 Å². The minimum atomic E-state index is -0.508. The first-order valence-electron chi connectivity index (χ1n) is 2.90. The monoisotopic (exact) mass is 224 g/mol. The van der Waals surface area contributed by atoms with Gasteiger partial charge in [-0.25, -0.2) is 14.4 Å². The number of rotatable bonds is 1. The minimum absolute atomic E-state index is 0. The molecule has 0 bridgehead atoms. The van der Waals surface area contributed by atoms with Crippen molar-refractivity contribution in [1.82, 2.24) is 9.97 Å². The number of aromatic nitrogens is 2. The van der Waals surface area contributed by atoms with Crippen molar-refractivity contribution in [3.8, 4) is 0 Å². The Morgan fingerprint density at radius 2 is 2.18 bits per heavy atom. The Morgan fingerprint density at radius 1 is 1.55 bits per heavy atom. The van der Waals surface area contributed by atoms with Crippen LogP contribution in [-0.4, -0.2) is 9.97 Å². The molecule has 0 unspecified atom stereocenters. The van der Waals surface area contributed by atoms with Crippen LogP contribution in [0.15, 0.2) is 6.33 Å². The molecule has 0 spiro atoms. The smallest absolute Gasteiger partial charge is 0.181 e. The van der Waals surface area contributed by atoms with E-state index in [1.54, 1.807) is 0 Å². The Balaban J connectivity index is 0.000001000. The van der Waals surface area contributed by atoms with E-state index in [9.17, 15) is 4.39 Å². The molecule has 0 aromatic carbocycles. The van der Waals surface area contributed by atoms with E-state index in [0.29, 0.717) is 12.1 Å². The Hall–Kier alpha value is -0.0766. The number of halogens is 2. The van der Waals surface area contributed by atoms with Crippen LogP contribution in [0.3, 0.4) is 0 Å². The molecule has 0 aliphatic heterocycles. The van der Waals surface area contributed by atoms with Gasteiger partial charge < -0.3 is 0 Å². The zero-order valence-corrected chi connectivity index (χ0v) is 9.86. The standard InChI is InChI=1S/C6H6ClFN2.Zn/c1-2-4-5(8)6(7)10-3-9-4;/h3H,2H2,1H3;. The summed E-state index contributed by atoms with van der Waals surface area (Å²) in [6.45, 7) is 1.81. The maximum Gasteiger partial charge on any atom is 0.181 e. The topological polar surface area (TPSA) is 25.8 Å². The van der Waals surface area contributed by atoms with Gasteiger partial charge in [-0.05, 0) is 6.42 Å². The SMILES string of the molecule is CCc1ncnc(Cl)c1F.[Zn]. The third kappa shape index (κ3) is 2.46. The molecule has 0 saturated carbocycles. The van der Waals surface area contributed by atoms with Gasteiger partial charge >= 0.3 is 0 Å². The summed E-state index contributed by atoms with van der Waals surface area (Å²) in [4.78, 5) is 7.15. The maximum absolute atomic E-state index is 12.7. The van der Waals surface area contributed by atoms with Crippen molar-refractivity contribution >= 4 is 11.6 Å². The molecule has 0 amide bonds. The quantitative estimate of drug-likeness (QED) is 0.539. The van der Waals surface area contributed by atoms with Crippen molar-refractivity contribution in [2.24, 2.45) is 0 Å². The molecule has 0 atom stereocenters. The van der Waals surface area contributed by atoms with E-state index in [1.165, 1.54) is 6.33 Å². The fourth-order valence-corrected chi connectivity index (χ4v) is 0.781. The molecule has 2 nitrogen and oxygen atoms in total. The second kappa shape index (κ2) is 4.73. The first-order valence-corrected chi connectivity index (χ1v) is 3.28. The number of nitrogens with zero attached hydrogens (tertiary/aromatic N) is 2. The van der Waals surface area contributed by atoms with Gasteiger partial charge in [-0.3, -0.25) is 0 Å². The summed E-state index contributed by atoms with van der Waals surface area (Å²) in [5, 5.41) is -0.105. The number of hydrogen-bond acceptors (Lipinski definition) is 2. The molecule has 56 valence electrons. The number of hydrogen-bond donors (Lipinski definition) is 0. The third-order valence-corrected chi connectivity index (χ3v) is 1.42. The summed E-state index contributed by atoms with van der Waals surface area (Å²) in [5.41, 5.74) is 0.361. The Kier molecular flexibility index (Phi) is 4.70. The summed E-state index contributed by atoms with van der Waals surface area (Å²) in [6.07, 6.45) is 1.79. The van der Waals surface area contributed by atoms with E-state index in [1.807, 2.05) is 6.92 Å². The molecule has 0 saturated heterocycles. The molecular weight excluding hydrogens is 220 g/mol. The summed E-state index contributed by atoms with van der Waals surface area (Å²) in [5.74, 6) is -0.508. The molecule has 11 heavy (non-hydrogen) atoms. The Labute approximate surface area is 82.0 Å². The second-order valence-electron chi connectivity index (χ2n) is 1.78. The largest absolute Gasteiger partial charge is 0.238 e. The van der Waals surface area contributed by atoms with E-state index in [2.05, 4.69) is 9.97 Å². The van der Waals surface area contributed by atoms with E-state index < -0.39 is 5.82 Å². The second-order valence-corrected chi connectivity index (χ2v) is 2.14. The van der Waals surface area contributed by atoms with Crippen LogP contribution in [0.2, 0.25) is 5.15 Å². The van der Waals surface area contributed by atoms with Crippen LogP contribution in [0.1, 0.15) is 12.6 Å². The predicted octanol–water partition coefficient (Wildman–Crippen LogP) is 1.83.